The van der Waals surface area contributed by atoms with Gasteiger partial charge in [-0.15, -0.1) is 0 Å². The molecule has 0 saturated carbocycles. The van der Waals surface area contributed by atoms with E-state index in [1.54, 1.807) is 0 Å². The highest BCUT2D eigenvalue weighted by Crippen LogP contribution is 2.54. The Morgan fingerprint density at radius 2 is 2.33 bits per heavy atom. The second kappa shape index (κ2) is 7.51. The van der Waals surface area contributed by atoms with Crippen molar-refractivity contribution in [1.82, 2.24) is 15.2 Å². The van der Waals surface area contributed by atoms with Gasteiger partial charge in [-0.25, -0.2) is 0 Å². The average molecular weight is 372 g/mol. The highest BCUT2D eigenvalue weighted by Gasteiger charge is 2.62. The molecule has 1 spiro atoms. The minimum Gasteiger partial charge on any atom is -0.370 e. The second-order valence-corrected chi connectivity index (χ2v) is 9.20. The van der Waals surface area contributed by atoms with Crippen molar-refractivity contribution in [1.29, 1.82) is 0 Å². The van der Waals surface area contributed by atoms with Gasteiger partial charge in [0.2, 0.25) is 5.91 Å². The van der Waals surface area contributed by atoms with Crippen molar-refractivity contribution in [3.63, 3.8) is 0 Å². The Balaban J connectivity index is 1.36. The summed E-state index contributed by atoms with van der Waals surface area (Å²) in [6.45, 7) is 10.2. The maximum absolute atomic E-state index is 12.2. The molecule has 0 radical (unpaired) electrons. The first-order chi connectivity index (χ1) is 13.0. The lowest BCUT2D eigenvalue weighted by Crippen LogP contribution is -2.41. The molecule has 148 valence electrons. The van der Waals surface area contributed by atoms with E-state index in [0.29, 0.717) is 30.3 Å². The molecule has 1 amide bonds. The fourth-order valence-electron chi connectivity index (χ4n) is 5.32. The van der Waals surface area contributed by atoms with Gasteiger partial charge in [-0.05, 0) is 43.7 Å². The lowest BCUT2D eigenvalue weighted by Gasteiger charge is -2.29. The van der Waals surface area contributed by atoms with Crippen LogP contribution in [0.4, 0.5) is 0 Å². The summed E-state index contributed by atoms with van der Waals surface area (Å²) in [5, 5.41) is 3.20. The van der Waals surface area contributed by atoms with E-state index < -0.39 is 0 Å². The zero-order valence-corrected chi connectivity index (χ0v) is 16.9. The van der Waals surface area contributed by atoms with E-state index in [1.165, 1.54) is 11.3 Å². The molecule has 0 aliphatic carbocycles. The molecule has 5 nitrogen and oxygen atoms in total. The Kier molecular flexibility index (Phi) is 5.26. The van der Waals surface area contributed by atoms with Crippen LogP contribution < -0.4 is 5.32 Å². The molecule has 4 rings (SSSR count). The van der Waals surface area contributed by atoms with Crippen LogP contribution in [0.2, 0.25) is 0 Å². The van der Waals surface area contributed by atoms with E-state index in [1.807, 2.05) is 12.3 Å². The van der Waals surface area contributed by atoms with Crippen LogP contribution >= 0.6 is 0 Å². The Bertz CT molecular complexity index is 692. The van der Waals surface area contributed by atoms with Crippen molar-refractivity contribution >= 4 is 5.91 Å². The highest BCUT2D eigenvalue weighted by atomic mass is 16.5. The quantitative estimate of drug-likeness (QED) is 0.801. The number of hydrogen-bond acceptors (Lipinski definition) is 4. The lowest BCUT2D eigenvalue weighted by molar-refractivity contribution is -0.121. The fraction of sp³-hybridized carbons (Fsp3) is 0.727. The van der Waals surface area contributed by atoms with Crippen molar-refractivity contribution in [2.45, 2.75) is 64.7 Å². The van der Waals surface area contributed by atoms with Crippen LogP contribution in [0.25, 0.3) is 0 Å². The second-order valence-electron chi connectivity index (χ2n) is 9.20. The van der Waals surface area contributed by atoms with Crippen LogP contribution in [-0.4, -0.2) is 47.1 Å². The smallest absolute Gasteiger partial charge is 0.220 e. The van der Waals surface area contributed by atoms with Gasteiger partial charge in [-0.2, -0.15) is 0 Å². The summed E-state index contributed by atoms with van der Waals surface area (Å²) in [5.41, 5.74) is 2.44. The third kappa shape index (κ3) is 3.77. The highest BCUT2D eigenvalue weighted by molar-refractivity contribution is 5.75. The number of aromatic nitrogens is 1. The average Bonchev–Trinajstić information content (AvgIpc) is 3.28. The molecule has 1 N–H and O–H groups in total. The normalized spacial score (nSPS) is 32.2. The SMILES string of the molecule is Cc1cccnc1CN1C[C@@H]2[C@H](CNC(=O)CCC(C)C)[C@H]3CC[C@]2(C1)O3. The fourth-order valence-corrected chi connectivity index (χ4v) is 5.32. The Morgan fingerprint density at radius 1 is 1.48 bits per heavy atom. The van der Waals surface area contributed by atoms with Gasteiger partial charge in [0.15, 0.2) is 0 Å². The predicted molar refractivity (Wildman–Crippen MR) is 105 cm³/mol. The van der Waals surface area contributed by atoms with Crippen molar-refractivity contribution in [2.75, 3.05) is 19.6 Å². The topological polar surface area (TPSA) is 54.5 Å². The van der Waals surface area contributed by atoms with E-state index in [9.17, 15) is 4.79 Å². The third-order valence-corrected chi connectivity index (χ3v) is 6.83. The van der Waals surface area contributed by atoms with Gasteiger partial charge in [0.25, 0.3) is 0 Å². The van der Waals surface area contributed by atoms with Crippen LogP contribution in [0.5, 0.6) is 0 Å². The largest absolute Gasteiger partial charge is 0.370 e. The lowest BCUT2D eigenvalue weighted by atomic mass is 9.73. The molecule has 1 aromatic rings. The van der Waals surface area contributed by atoms with Gasteiger partial charge in [0, 0.05) is 50.6 Å². The zero-order chi connectivity index (χ0) is 19.0. The van der Waals surface area contributed by atoms with Crippen LogP contribution in [0.1, 0.15) is 50.8 Å². The van der Waals surface area contributed by atoms with Crippen molar-refractivity contribution in [2.24, 2.45) is 17.8 Å². The molecule has 3 fully saturated rings. The Hall–Kier alpha value is -1.46. The third-order valence-electron chi connectivity index (χ3n) is 6.83. The van der Waals surface area contributed by atoms with Gasteiger partial charge in [-0.3, -0.25) is 14.7 Å². The van der Waals surface area contributed by atoms with Crippen molar-refractivity contribution < 1.29 is 9.53 Å². The number of nitrogens with zero attached hydrogens (tertiary/aromatic N) is 2. The molecule has 2 bridgehead atoms. The molecule has 3 aliphatic heterocycles. The number of nitrogens with one attached hydrogen (secondary N) is 1. The summed E-state index contributed by atoms with van der Waals surface area (Å²) in [7, 11) is 0. The maximum Gasteiger partial charge on any atom is 0.220 e. The van der Waals surface area contributed by atoms with E-state index in [4.69, 9.17) is 4.74 Å². The number of carbonyl (C=O) groups is 1. The number of pyridine rings is 1. The molecule has 3 aliphatic rings. The molecule has 4 atom stereocenters. The summed E-state index contributed by atoms with van der Waals surface area (Å²) >= 11 is 0. The number of carbonyl (C=O) groups excluding carboxylic acids is 1. The van der Waals surface area contributed by atoms with Crippen LogP contribution in [0.3, 0.4) is 0 Å². The standard InChI is InChI=1S/C22H33N3O2/c1-15(2)6-7-21(26)24-11-17-18-12-25(13-19-16(3)5-4-10-23-19)14-22(18)9-8-20(17)27-22/h4-5,10,15,17-18,20H,6-9,11-14H2,1-3H3,(H,24,26)/t17-,18+,20+,22+/m0/s1. The molecule has 5 heteroatoms. The molecule has 4 heterocycles. The molecule has 0 unspecified atom stereocenters. The molecular weight excluding hydrogens is 338 g/mol. The van der Waals surface area contributed by atoms with Crippen LogP contribution in [0.15, 0.2) is 18.3 Å². The van der Waals surface area contributed by atoms with Gasteiger partial charge < -0.3 is 10.1 Å². The number of amides is 1. The van der Waals surface area contributed by atoms with E-state index in [-0.39, 0.29) is 11.5 Å². The predicted octanol–water partition coefficient (Wildman–Crippen LogP) is 2.92. The summed E-state index contributed by atoms with van der Waals surface area (Å²) in [5.74, 6) is 1.75. The van der Waals surface area contributed by atoms with Gasteiger partial charge in [0.05, 0.1) is 17.4 Å². The van der Waals surface area contributed by atoms with Crippen LogP contribution in [0, 0.1) is 24.7 Å². The van der Waals surface area contributed by atoms with Crippen molar-refractivity contribution in [3.8, 4) is 0 Å². The summed E-state index contributed by atoms with van der Waals surface area (Å²) < 4.78 is 6.51. The van der Waals surface area contributed by atoms with E-state index in [0.717, 1.165) is 45.4 Å². The molecular formula is C22H33N3O2. The van der Waals surface area contributed by atoms with E-state index in [2.05, 4.69) is 42.0 Å². The number of hydrogen-bond donors (Lipinski definition) is 1. The molecule has 1 aromatic heterocycles. The minimum atomic E-state index is 0.0146. The number of aryl methyl sites for hydroxylation is 1. The number of likely N-dealkylation sites (tertiary alicyclic amines) is 1. The first-order valence-electron chi connectivity index (χ1n) is 10.5. The summed E-state index contributed by atoms with van der Waals surface area (Å²) in [6.07, 6.45) is 6.11. The van der Waals surface area contributed by atoms with Gasteiger partial charge >= 0.3 is 0 Å². The first kappa shape index (κ1) is 18.9. The molecule has 3 saturated heterocycles. The van der Waals surface area contributed by atoms with Crippen LogP contribution in [-0.2, 0) is 16.1 Å². The summed E-state index contributed by atoms with van der Waals surface area (Å²) in [4.78, 5) is 19.3. The monoisotopic (exact) mass is 371 g/mol. The molecule has 27 heavy (non-hydrogen) atoms. The van der Waals surface area contributed by atoms with E-state index >= 15 is 0 Å². The van der Waals surface area contributed by atoms with Gasteiger partial charge in [-0.1, -0.05) is 19.9 Å². The number of rotatable bonds is 7. The number of ether oxygens (including phenoxy) is 1. The molecule has 0 aromatic carbocycles. The Morgan fingerprint density at radius 3 is 3.11 bits per heavy atom. The van der Waals surface area contributed by atoms with Gasteiger partial charge in [0.1, 0.15) is 0 Å². The Labute approximate surface area is 162 Å². The first-order valence-corrected chi connectivity index (χ1v) is 10.5. The zero-order valence-electron chi connectivity index (χ0n) is 16.9. The maximum atomic E-state index is 12.2. The van der Waals surface area contributed by atoms with Crippen molar-refractivity contribution in [3.05, 3.63) is 29.6 Å². The summed E-state index contributed by atoms with van der Waals surface area (Å²) in [6, 6.07) is 4.13. The minimum absolute atomic E-state index is 0.0146. The number of fused-ring (bicyclic) bond motifs is 1.